The number of aliphatic hydroxyl groups is 8. The van der Waals surface area contributed by atoms with Gasteiger partial charge in [-0.2, -0.15) is 0 Å². The minimum Gasteiger partial charge on any atom is -0.441 e. The zero-order valence-electron chi connectivity index (χ0n) is 48.8. The van der Waals surface area contributed by atoms with Gasteiger partial charge in [0.05, 0.1) is 72.7 Å². The number of nitrogens with zero attached hydrogens (tertiary/aromatic N) is 5. The third-order valence-corrected chi connectivity index (χ3v) is 16.1. The molecule has 91 heavy (non-hydrogen) atoms. The summed E-state index contributed by atoms with van der Waals surface area (Å²) in [6.45, 7) is 2.60. The lowest BCUT2D eigenvalue weighted by Crippen LogP contribution is -2.65. The number of carbonyl (C=O) groups is 8. The molecule has 6 rings (SSSR count). The van der Waals surface area contributed by atoms with E-state index in [0.29, 0.717) is 15.7 Å². The second kappa shape index (κ2) is 33.3. The van der Waals surface area contributed by atoms with Crippen molar-refractivity contribution < 1.29 is 103 Å². The summed E-state index contributed by atoms with van der Waals surface area (Å²) in [6.07, 6.45) is -25.1. The van der Waals surface area contributed by atoms with E-state index in [4.69, 9.17) is 58.1 Å². The Kier molecular flexibility index (Phi) is 27.2. The van der Waals surface area contributed by atoms with E-state index in [2.05, 4.69) is 56.5 Å². The number of amides is 8. The van der Waals surface area contributed by atoms with Crippen LogP contribution in [0.3, 0.4) is 0 Å². The van der Waals surface area contributed by atoms with Crippen LogP contribution in [-0.4, -0.2) is 242 Å². The number of imidazole rings is 1. The molecule has 0 aromatic carbocycles. The Morgan fingerprint density at radius 1 is 0.791 bits per heavy atom. The molecule has 4 aromatic heterocycles. The molecule has 41 heteroatoms. The van der Waals surface area contributed by atoms with Crippen molar-refractivity contribution in [2.45, 2.75) is 150 Å². The Hall–Kier alpha value is -7.36. The summed E-state index contributed by atoms with van der Waals surface area (Å²) in [5.74, 6) is -9.13. The smallest absolute Gasteiger partial charge is 0.404 e. The lowest BCUT2D eigenvalue weighted by Gasteiger charge is -2.47. The molecule has 0 radical (unpaired) electrons. The Morgan fingerprint density at radius 2 is 1.46 bits per heavy atom. The molecule has 0 spiro atoms. The fraction of sp³-hybridized carbons (Fsp3) is 0.580. The summed E-state index contributed by atoms with van der Waals surface area (Å²) < 4.78 is 28.7. The minimum atomic E-state index is -2.20. The van der Waals surface area contributed by atoms with Crippen molar-refractivity contribution in [1.29, 1.82) is 0 Å². The number of ether oxygens (including phenoxy) is 5. The van der Waals surface area contributed by atoms with E-state index in [1.54, 1.807) is 5.38 Å². The van der Waals surface area contributed by atoms with Gasteiger partial charge in [-0.15, -0.1) is 35.1 Å². The molecule has 2 fully saturated rings. The summed E-state index contributed by atoms with van der Waals surface area (Å²) in [7, 11) is 0. The molecular formula is C50H74ClN17O21S2. The third kappa shape index (κ3) is 18.9. The van der Waals surface area contributed by atoms with Crippen molar-refractivity contribution in [2.75, 3.05) is 32.0 Å². The molecule has 6 heterocycles. The summed E-state index contributed by atoms with van der Waals surface area (Å²) in [5.41, 5.74) is 33.1. The number of aliphatic hydroxyl groups excluding tert-OH is 8. The second-order valence-corrected chi connectivity index (χ2v) is 22.7. The average molecular weight is 1350 g/mol. The predicted octanol–water partition coefficient (Wildman–Crippen LogP) is -8.18. The van der Waals surface area contributed by atoms with Gasteiger partial charge in [-0.3, -0.25) is 33.6 Å². The maximum Gasteiger partial charge on any atom is 0.404 e. The van der Waals surface area contributed by atoms with E-state index in [1.807, 2.05) is 0 Å². The Balaban J connectivity index is 0.0000150. The molecule has 2 aliphatic rings. The number of primary amides is 4. The van der Waals surface area contributed by atoms with Crippen LogP contribution in [0.15, 0.2) is 23.3 Å². The number of carbonyl (C=O) groups excluding carboxylic acids is 8. The van der Waals surface area contributed by atoms with Gasteiger partial charge < -0.3 is 131 Å². The average Bonchev–Trinajstić information content (AvgIpc) is 1.08. The summed E-state index contributed by atoms with van der Waals surface area (Å²) >= 11 is 2.40. The minimum absolute atomic E-state index is 0. The van der Waals surface area contributed by atoms with Gasteiger partial charge in [0.15, 0.2) is 18.7 Å². The van der Waals surface area contributed by atoms with Gasteiger partial charge in [-0.05, 0) is 20.8 Å². The SMILES string of the molecule is Cc1c(N)nc([C@H](CC(N)=O)NC[C@H](N)C(N)=O)nc1C(=O)N[C@H](C(=O)N[C@H](C)[C@@H](O)[C@H](C)C(=O)N[C@H](C(=O)NCCc1nc(-c2nc(C(N)=O)cs2)cs1)[C@@H](C)O)[C@H](O[C@@H]1O[C@@H](CO)[C@@H](O)[C@H](O)[C@@H]1O[C@H]1O[C@H](CO)[C@@H](O)[C@H](OC(N)=O)[C@@H]1O)c1cnc[nH]1.Cl. The van der Waals surface area contributed by atoms with E-state index >= 15 is 4.79 Å². The first-order chi connectivity index (χ1) is 42.5. The number of nitrogens with two attached hydrogens (primary N) is 6. The largest absolute Gasteiger partial charge is 0.441 e. The van der Waals surface area contributed by atoms with Crippen LogP contribution in [0, 0.1) is 12.8 Å². The molecule has 26 N–H and O–H groups in total. The Bertz CT molecular complexity index is 3150. The number of hydrogen-bond donors (Lipinski definition) is 20. The molecule has 0 aliphatic carbocycles. The standard InChI is InChI=1S/C50H73N17O21S2.ClH/c1-15-28(64-42(67-39(15)53)20(7-26(52)71)59-8-19(51)40(54)77)45(81)66-30(36(21-9-57-14-60-21)86-49-38(34(75)32(73)24(10-68)85-49)87-48-35(76)37(88-50(56)83)33(74)25(11-69)84-48)46(82)61-17(3)31(72)16(2)43(79)65-29(18(4)70)44(80)58-6-5-27-62-23(13-89-27)47-63-22(12-90-47)41(55)78;/h9,12-14,16-20,24-25,29-38,48-49,59,68-70,72-76H,5-8,10-11,51H2,1-4H3,(H2,52,71)(H2,54,77)(H2,55,78)(H2,56,83)(H,57,60)(H,58,80)(H,61,82)(H,65,79)(H,66,81)(H2,53,64,67);1H/t16-,17+,18+,19-,20-,24-,25+,29-,30-,31-,32+,33+,34-,35-,36+,37-,38-,48+,49-;/m0./s1. The summed E-state index contributed by atoms with van der Waals surface area (Å²) in [4.78, 5) is 129. The number of nitrogen functional groups attached to an aromatic ring is 1. The number of nitrogens with one attached hydrogen (secondary N) is 6. The summed E-state index contributed by atoms with van der Waals surface area (Å²) in [5, 5.41) is 105. The number of rotatable bonds is 31. The van der Waals surface area contributed by atoms with E-state index in [-0.39, 0.29) is 60.5 Å². The molecule has 0 unspecified atom stereocenters. The zero-order chi connectivity index (χ0) is 66.6. The van der Waals surface area contributed by atoms with Crippen LogP contribution in [0.4, 0.5) is 10.6 Å². The highest BCUT2D eigenvalue weighted by molar-refractivity contribution is 7.14. The van der Waals surface area contributed by atoms with Gasteiger partial charge in [-0.25, -0.2) is 29.7 Å². The van der Waals surface area contributed by atoms with Crippen molar-refractivity contribution >= 4 is 88.3 Å². The van der Waals surface area contributed by atoms with E-state index in [1.165, 1.54) is 44.4 Å². The van der Waals surface area contributed by atoms with E-state index in [9.17, 15) is 74.4 Å². The maximum absolute atomic E-state index is 15.1. The molecule has 504 valence electrons. The molecule has 0 bridgehead atoms. The quantitative estimate of drug-likeness (QED) is 0.0222. The normalized spacial score (nSPS) is 24.5. The van der Waals surface area contributed by atoms with Crippen molar-refractivity contribution in [3.05, 3.63) is 56.8 Å². The maximum atomic E-state index is 15.1. The van der Waals surface area contributed by atoms with Crippen LogP contribution >= 0.6 is 35.1 Å². The van der Waals surface area contributed by atoms with Crippen LogP contribution in [0.2, 0.25) is 0 Å². The second-order valence-electron chi connectivity index (χ2n) is 20.9. The first-order valence-electron chi connectivity index (χ1n) is 27.4. The summed E-state index contributed by atoms with van der Waals surface area (Å²) in [6, 6.07) is -7.85. The third-order valence-electron chi connectivity index (χ3n) is 14.3. The highest BCUT2D eigenvalue weighted by Crippen LogP contribution is 2.35. The van der Waals surface area contributed by atoms with Crippen LogP contribution in [-0.2, 0) is 54.1 Å². The topological polar surface area (TPSA) is 641 Å². The Labute approximate surface area is 530 Å². The molecule has 19 atom stereocenters. The Morgan fingerprint density at radius 3 is 2.05 bits per heavy atom. The highest BCUT2D eigenvalue weighted by atomic mass is 35.5. The van der Waals surface area contributed by atoms with Gasteiger partial charge in [0.25, 0.3) is 11.8 Å². The number of H-pyrrole nitrogens is 1. The predicted molar refractivity (Wildman–Crippen MR) is 314 cm³/mol. The number of aromatic nitrogens is 6. The van der Waals surface area contributed by atoms with Crippen LogP contribution < -0.4 is 61.0 Å². The van der Waals surface area contributed by atoms with Crippen LogP contribution in [0.1, 0.15) is 82.4 Å². The molecule has 2 saturated heterocycles. The van der Waals surface area contributed by atoms with Crippen molar-refractivity contribution in [3.8, 4) is 10.7 Å². The lowest BCUT2D eigenvalue weighted by atomic mass is 9.96. The van der Waals surface area contributed by atoms with Crippen LogP contribution in [0.5, 0.6) is 0 Å². The molecule has 8 amide bonds. The van der Waals surface area contributed by atoms with Crippen LogP contribution in [0.25, 0.3) is 10.7 Å². The zero-order valence-corrected chi connectivity index (χ0v) is 51.3. The highest BCUT2D eigenvalue weighted by Gasteiger charge is 2.54. The first kappa shape index (κ1) is 74.4. The molecule has 4 aromatic rings. The van der Waals surface area contributed by atoms with Gasteiger partial charge in [0, 0.05) is 42.3 Å². The number of thiazole rings is 2. The number of aromatic amines is 1. The molecular weight excluding hydrogens is 1270 g/mol. The van der Waals surface area contributed by atoms with Gasteiger partial charge >= 0.3 is 6.09 Å². The monoisotopic (exact) mass is 1350 g/mol. The fourth-order valence-corrected chi connectivity index (χ4v) is 10.8. The van der Waals surface area contributed by atoms with Crippen molar-refractivity contribution in [3.63, 3.8) is 0 Å². The van der Waals surface area contributed by atoms with Gasteiger partial charge in [0.1, 0.15) is 94.6 Å². The molecule has 2 aliphatic heterocycles. The first-order valence-corrected chi connectivity index (χ1v) is 29.2. The number of anilines is 1. The van der Waals surface area contributed by atoms with E-state index < -0.39 is 189 Å². The molecule has 0 saturated carbocycles. The number of hydrogen-bond acceptors (Lipinski definition) is 31. The molecule has 38 nitrogen and oxygen atoms in total. The lowest BCUT2D eigenvalue weighted by molar-refractivity contribution is -0.372. The number of halogens is 1. The van der Waals surface area contributed by atoms with Gasteiger partial charge in [0.2, 0.25) is 29.5 Å². The van der Waals surface area contributed by atoms with Crippen molar-refractivity contribution in [2.24, 2.45) is 34.6 Å². The fourth-order valence-electron chi connectivity index (χ4n) is 9.15. The van der Waals surface area contributed by atoms with Crippen molar-refractivity contribution in [1.82, 2.24) is 56.5 Å². The van der Waals surface area contributed by atoms with E-state index in [0.717, 1.165) is 23.9 Å². The van der Waals surface area contributed by atoms with Gasteiger partial charge in [-0.1, -0.05) is 6.92 Å².